The Bertz CT molecular complexity index is 448. The van der Waals surface area contributed by atoms with E-state index in [1.807, 2.05) is 0 Å². The molecule has 5 N–H and O–H groups in total. The highest BCUT2D eigenvalue weighted by molar-refractivity contribution is 9.10. The summed E-state index contributed by atoms with van der Waals surface area (Å²) < 4.78 is 0.763. The second-order valence-corrected chi connectivity index (χ2v) is 4.69. The van der Waals surface area contributed by atoms with Gasteiger partial charge in [-0.15, -0.1) is 0 Å². The summed E-state index contributed by atoms with van der Waals surface area (Å²) in [5, 5.41) is 2.65. The van der Waals surface area contributed by atoms with Gasteiger partial charge in [0.05, 0.1) is 5.56 Å². The highest BCUT2D eigenvalue weighted by Crippen LogP contribution is 2.18. The molecule has 0 spiro atoms. The predicted molar refractivity (Wildman–Crippen MR) is 69.3 cm³/mol. The molecule has 0 heterocycles. The Labute approximate surface area is 108 Å². The summed E-state index contributed by atoms with van der Waals surface area (Å²) >= 11 is 3.26. The number of carbonyl (C=O) groups excluding carboxylic acids is 2. The SMILES string of the molecule is CC(CC(N)=O)NC(=O)c1cc(Br)ccc1N. The number of carbonyl (C=O) groups is 2. The van der Waals surface area contributed by atoms with E-state index in [0.717, 1.165) is 4.47 Å². The van der Waals surface area contributed by atoms with Crippen LogP contribution in [0.1, 0.15) is 23.7 Å². The number of hydrogen-bond acceptors (Lipinski definition) is 3. The Hall–Kier alpha value is -1.56. The van der Waals surface area contributed by atoms with E-state index in [4.69, 9.17) is 11.5 Å². The number of nitrogens with two attached hydrogens (primary N) is 2. The molecule has 0 aliphatic rings. The third kappa shape index (κ3) is 4.07. The molecule has 1 rings (SSSR count). The molecular weight excluding hydrogens is 286 g/mol. The lowest BCUT2D eigenvalue weighted by atomic mass is 10.1. The number of benzene rings is 1. The minimum atomic E-state index is -0.458. The standard InChI is InChI=1S/C11H14BrN3O2/c1-6(4-10(14)16)15-11(17)8-5-7(12)2-3-9(8)13/h2-3,5-6H,4,13H2,1H3,(H2,14,16)(H,15,17). The molecule has 17 heavy (non-hydrogen) atoms. The molecule has 1 unspecified atom stereocenters. The minimum Gasteiger partial charge on any atom is -0.398 e. The number of primary amides is 1. The van der Waals surface area contributed by atoms with E-state index < -0.39 is 5.91 Å². The van der Waals surface area contributed by atoms with Gasteiger partial charge in [0.25, 0.3) is 5.91 Å². The highest BCUT2D eigenvalue weighted by Gasteiger charge is 2.14. The van der Waals surface area contributed by atoms with Crippen LogP contribution in [0.3, 0.4) is 0 Å². The van der Waals surface area contributed by atoms with Crippen molar-refractivity contribution < 1.29 is 9.59 Å². The maximum absolute atomic E-state index is 11.8. The number of nitrogen functional groups attached to an aromatic ring is 1. The van der Waals surface area contributed by atoms with E-state index in [2.05, 4.69) is 21.2 Å². The van der Waals surface area contributed by atoms with Crippen molar-refractivity contribution in [3.05, 3.63) is 28.2 Å². The van der Waals surface area contributed by atoms with Gasteiger partial charge in [-0.05, 0) is 25.1 Å². The fourth-order valence-electron chi connectivity index (χ4n) is 1.38. The maximum Gasteiger partial charge on any atom is 0.253 e. The third-order valence-electron chi connectivity index (χ3n) is 2.14. The van der Waals surface area contributed by atoms with Crippen LogP contribution >= 0.6 is 15.9 Å². The number of amides is 2. The summed E-state index contributed by atoms with van der Waals surface area (Å²) in [5.74, 6) is -0.780. The van der Waals surface area contributed by atoms with Crippen LogP contribution in [0.2, 0.25) is 0 Å². The van der Waals surface area contributed by atoms with Gasteiger partial charge < -0.3 is 16.8 Å². The smallest absolute Gasteiger partial charge is 0.253 e. The van der Waals surface area contributed by atoms with Crippen molar-refractivity contribution in [3.63, 3.8) is 0 Å². The summed E-state index contributed by atoms with van der Waals surface area (Å²) in [4.78, 5) is 22.5. The number of nitrogens with one attached hydrogen (secondary N) is 1. The van der Waals surface area contributed by atoms with Crippen LogP contribution in [-0.2, 0) is 4.79 Å². The lowest BCUT2D eigenvalue weighted by Gasteiger charge is -2.13. The molecule has 0 radical (unpaired) electrons. The van der Waals surface area contributed by atoms with Crippen LogP contribution in [0.25, 0.3) is 0 Å². The average Bonchev–Trinajstić information content (AvgIpc) is 2.20. The normalized spacial score (nSPS) is 11.9. The molecule has 0 saturated carbocycles. The molecular formula is C11H14BrN3O2. The van der Waals surface area contributed by atoms with Crippen molar-refractivity contribution in [1.29, 1.82) is 0 Å². The fraction of sp³-hybridized carbons (Fsp3) is 0.273. The molecule has 1 aromatic carbocycles. The van der Waals surface area contributed by atoms with Gasteiger partial charge in [-0.3, -0.25) is 9.59 Å². The van der Waals surface area contributed by atoms with Crippen LogP contribution in [0.5, 0.6) is 0 Å². The van der Waals surface area contributed by atoms with Gasteiger partial charge in [0, 0.05) is 22.6 Å². The zero-order valence-electron chi connectivity index (χ0n) is 9.37. The number of rotatable bonds is 4. The molecule has 1 atom stereocenters. The number of halogens is 1. The Morgan fingerprint density at radius 1 is 1.47 bits per heavy atom. The minimum absolute atomic E-state index is 0.0969. The molecule has 0 aliphatic heterocycles. The van der Waals surface area contributed by atoms with Gasteiger partial charge in [0.1, 0.15) is 0 Å². The first-order valence-electron chi connectivity index (χ1n) is 5.04. The second kappa shape index (κ2) is 5.67. The summed E-state index contributed by atoms with van der Waals surface area (Å²) in [5.41, 5.74) is 11.5. The lowest BCUT2D eigenvalue weighted by molar-refractivity contribution is -0.118. The first-order valence-corrected chi connectivity index (χ1v) is 5.83. The second-order valence-electron chi connectivity index (χ2n) is 3.78. The Morgan fingerprint density at radius 3 is 2.71 bits per heavy atom. The molecule has 6 heteroatoms. The van der Waals surface area contributed by atoms with Gasteiger partial charge in [-0.25, -0.2) is 0 Å². The monoisotopic (exact) mass is 299 g/mol. The molecule has 0 fully saturated rings. The van der Waals surface area contributed by atoms with E-state index in [-0.39, 0.29) is 18.4 Å². The van der Waals surface area contributed by atoms with Gasteiger partial charge in [-0.2, -0.15) is 0 Å². The molecule has 92 valence electrons. The number of anilines is 1. The van der Waals surface area contributed by atoms with E-state index in [1.54, 1.807) is 25.1 Å². The Morgan fingerprint density at radius 2 is 2.12 bits per heavy atom. The van der Waals surface area contributed by atoms with E-state index in [0.29, 0.717) is 11.3 Å². The van der Waals surface area contributed by atoms with Crippen LogP contribution < -0.4 is 16.8 Å². The van der Waals surface area contributed by atoms with Gasteiger partial charge in [0.2, 0.25) is 5.91 Å². The average molecular weight is 300 g/mol. The predicted octanol–water partition coefficient (Wildman–Crippen LogP) is 1.02. The number of hydrogen-bond donors (Lipinski definition) is 3. The molecule has 5 nitrogen and oxygen atoms in total. The summed E-state index contributed by atoms with van der Waals surface area (Å²) in [6.07, 6.45) is 0.0969. The van der Waals surface area contributed by atoms with Crippen molar-refractivity contribution in [1.82, 2.24) is 5.32 Å². The first kappa shape index (κ1) is 13.5. The molecule has 0 saturated heterocycles. The molecule has 2 amide bonds. The first-order chi connectivity index (χ1) is 7.90. The Kier molecular flexibility index (Phi) is 4.51. The van der Waals surface area contributed by atoms with Gasteiger partial charge in [-0.1, -0.05) is 15.9 Å². The fourth-order valence-corrected chi connectivity index (χ4v) is 1.74. The molecule has 0 aromatic heterocycles. The van der Waals surface area contributed by atoms with Crippen LogP contribution in [0, 0.1) is 0 Å². The Balaban J connectivity index is 2.76. The van der Waals surface area contributed by atoms with E-state index in [9.17, 15) is 9.59 Å². The van der Waals surface area contributed by atoms with Gasteiger partial charge >= 0.3 is 0 Å². The summed E-state index contributed by atoms with van der Waals surface area (Å²) in [6, 6.07) is 4.69. The van der Waals surface area contributed by atoms with Crippen molar-refractivity contribution in [2.45, 2.75) is 19.4 Å². The molecule has 0 aliphatic carbocycles. The largest absolute Gasteiger partial charge is 0.398 e. The van der Waals surface area contributed by atoms with Crippen molar-refractivity contribution in [2.75, 3.05) is 5.73 Å². The van der Waals surface area contributed by atoms with E-state index in [1.165, 1.54) is 0 Å². The van der Waals surface area contributed by atoms with Gasteiger partial charge in [0.15, 0.2) is 0 Å². The van der Waals surface area contributed by atoms with Crippen molar-refractivity contribution in [3.8, 4) is 0 Å². The zero-order chi connectivity index (χ0) is 13.0. The molecule has 1 aromatic rings. The molecule has 0 bridgehead atoms. The highest BCUT2D eigenvalue weighted by atomic mass is 79.9. The maximum atomic E-state index is 11.8. The van der Waals surface area contributed by atoms with Crippen molar-refractivity contribution >= 4 is 33.4 Å². The van der Waals surface area contributed by atoms with Crippen LogP contribution in [-0.4, -0.2) is 17.9 Å². The van der Waals surface area contributed by atoms with E-state index >= 15 is 0 Å². The topological polar surface area (TPSA) is 98.2 Å². The zero-order valence-corrected chi connectivity index (χ0v) is 11.0. The quantitative estimate of drug-likeness (QED) is 0.724. The summed E-state index contributed by atoms with van der Waals surface area (Å²) in [7, 11) is 0. The lowest BCUT2D eigenvalue weighted by Crippen LogP contribution is -2.36. The van der Waals surface area contributed by atoms with Crippen LogP contribution in [0.15, 0.2) is 22.7 Å². The van der Waals surface area contributed by atoms with Crippen molar-refractivity contribution in [2.24, 2.45) is 5.73 Å². The third-order valence-corrected chi connectivity index (χ3v) is 2.64. The summed E-state index contributed by atoms with van der Waals surface area (Å²) in [6.45, 7) is 1.71. The van der Waals surface area contributed by atoms with Crippen LogP contribution in [0.4, 0.5) is 5.69 Å².